The van der Waals surface area contributed by atoms with Crippen molar-refractivity contribution in [3.63, 3.8) is 0 Å². The molecule has 0 saturated heterocycles. The summed E-state index contributed by atoms with van der Waals surface area (Å²) in [7, 11) is -1.97. The summed E-state index contributed by atoms with van der Waals surface area (Å²) in [6.07, 6.45) is 2.10. The van der Waals surface area contributed by atoms with Crippen LogP contribution >= 0.6 is 0 Å². The summed E-state index contributed by atoms with van der Waals surface area (Å²) >= 11 is 0. The van der Waals surface area contributed by atoms with Gasteiger partial charge in [-0.2, -0.15) is 4.31 Å². The largest absolute Gasteiger partial charge is 0.349 e. The first kappa shape index (κ1) is 16.7. The van der Waals surface area contributed by atoms with Crippen LogP contribution in [0.4, 0.5) is 0 Å². The summed E-state index contributed by atoms with van der Waals surface area (Å²) < 4.78 is 26.3. The molecule has 5 nitrogen and oxygen atoms in total. The summed E-state index contributed by atoms with van der Waals surface area (Å²) in [5.74, 6) is -0.0747. The molecule has 6 heteroatoms. The normalized spacial score (nSPS) is 14.6. The fourth-order valence-electron chi connectivity index (χ4n) is 2.37. The van der Waals surface area contributed by atoms with E-state index in [-0.39, 0.29) is 17.3 Å². The topological polar surface area (TPSA) is 66.5 Å². The average Bonchev–Trinajstić information content (AvgIpc) is 3.40. The highest BCUT2D eigenvalue weighted by atomic mass is 32.2. The van der Waals surface area contributed by atoms with Crippen LogP contribution in [0.3, 0.4) is 0 Å². The number of nitrogens with zero attached hydrogens (tertiary/aromatic N) is 1. The Balaban J connectivity index is 1.68. The maximum Gasteiger partial charge on any atom is 0.251 e. The predicted molar refractivity (Wildman–Crippen MR) is 92.0 cm³/mol. The molecule has 0 heterocycles. The molecule has 2 aromatic rings. The molecule has 0 bridgehead atoms. The number of nitrogens with one attached hydrogen (secondary N) is 1. The lowest BCUT2D eigenvalue weighted by Gasteiger charge is -2.17. The van der Waals surface area contributed by atoms with Gasteiger partial charge in [0.1, 0.15) is 0 Å². The van der Waals surface area contributed by atoms with E-state index in [9.17, 15) is 13.2 Å². The number of rotatable bonds is 6. The molecule has 1 fully saturated rings. The van der Waals surface area contributed by atoms with E-state index in [2.05, 4.69) is 5.32 Å². The van der Waals surface area contributed by atoms with Gasteiger partial charge in [0.15, 0.2) is 0 Å². The first-order valence-corrected chi connectivity index (χ1v) is 9.32. The van der Waals surface area contributed by atoms with Crippen molar-refractivity contribution >= 4 is 15.9 Å². The minimum Gasteiger partial charge on any atom is -0.349 e. The third kappa shape index (κ3) is 3.83. The number of sulfonamides is 1. The summed E-state index contributed by atoms with van der Waals surface area (Å²) in [6.45, 7) is 0.252. The van der Waals surface area contributed by atoms with Crippen molar-refractivity contribution in [3.05, 3.63) is 65.7 Å². The fraction of sp³-hybridized carbons (Fsp3) is 0.278. The number of benzene rings is 2. The van der Waals surface area contributed by atoms with Crippen molar-refractivity contribution in [2.75, 3.05) is 7.05 Å². The van der Waals surface area contributed by atoms with Gasteiger partial charge < -0.3 is 5.32 Å². The Morgan fingerprint density at radius 2 is 1.71 bits per heavy atom. The van der Waals surface area contributed by atoms with Crippen LogP contribution in [0.2, 0.25) is 0 Å². The van der Waals surface area contributed by atoms with Crippen molar-refractivity contribution in [1.29, 1.82) is 0 Å². The Morgan fingerprint density at radius 3 is 2.29 bits per heavy atom. The number of carbonyl (C=O) groups is 1. The first-order valence-electron chi connectivity index (χ1n) is 7.88. The summed E-state index contributed by atoms with van der Waals surface area (Å²) in [5, 5.41) is 2.93. The lowest BCUT2D eigenvalue weighted by molar-refractivity contribution is 0.0951. The second-order valence-corrected chi connectivity index (χ2v) is 8.06. The Hall–Kier alpha value is -2.18. The maximum atomic E-state index is 12.5. The van der Waals surface area contributed by atoms with Gasteiger partial charge in [-0.1, -0.05) is 30.3 Å². The van der Waals surface area contributed by atoms with Gasteiger partial charge in [-0.3, -0.25) is 4.79 Å². The molecular formula is C18H20N2O3S. The van der Waals surface area contributed by atoms with Gasteiger partial charge in [-0.05, 0) is 42.7 Å². The standard InChI is InChI=1S/C18H20N2O3S/c1-20(24(22,23)17-5-3-2-4-6-17)13-14-7-9-15(10-8-14)18(21)19-16-11-12-16/h2-10,16H,11-13H2,1H3,(H,19,21). The molecule has 0 aromatic heterocycles. The molecule has 3 rings (SSSR count). The number of hydrogen-bond acceptors (Lipinski definition) is 3. The number of hydrogen-bond donors (Lipinski definition) is 1. The lowest BCUT2D eigenvalue weighted by atomic mass is 10.1. The van der Waals surface area contributed by atoms with Gasteiger partial charge in [0, 0.05) is 25.2 Å². The minimum absolute atomic E-state index is 0.0747. The van der Waals surface area contributed by atoms with Crippen molar-refractivity contribution in [2.24, 2.45) is 0 Å². The molecule has 0 spiro atoms. The van der Waals surface area contributed by atoms with Crippen molar-refractivity contribution in [3.8, 4) is 0 Å². The number of amides is 1. The van der Waals surface area contributed by atoms with Crippen molar-refractivity contribution in [2.45, 2.75) is 30.3 Å². The van der Waals surface area contributed by atoms with E-state index in [1.807, 2.05) is 0 Å². The third-order valence-electron chi connectivity index (χ3n) is 3.99. The number of carbonyl (C=O) groups excluding carboxylic acids is 1. The molecular weight excluding hydrogens is 324 g/mol. The van der Waals surface area contributed by atoms with Crippen LogP contribution in [0.1, 0.15) is 28.8 Å². The Morgan fingerprint density at radius 1 is 1.08 bits per heavy atom. The van der Waals surface area contributed by atoms with Crippen LogP contribution in [0.15, 0.2) is 59.5 Å². The van der Waals surface area contributed by atoms with E-state index < -0.39 is 10.0 Å². The third-order valence-corrected chi connectivity index (χ3v) is 5.80. The Kier molecular flexibility index (Phi) is 4.69. The van der Waals surface area contributed by atoms with Crippen LogP contribution in [0.25, 0.3) is 0 Å². The van der Waals surface area contributed by atoms with Gasteiger partial charge in [0.05, 0.1) is 4.90 Å². The first-order chi connectivity index (χ1) is 11.5. The molecule has 0 atom stereocenters. The zero-order chi connectivity index (χ0) is 17.2. The second kappa shape index (κ2) is 6.75. The Bertz CT molecular complexity index is 813. The van der Waals surface area contributed by atoms with Crippen LogP contribution in [0, 0.1) is 0 Å². The highest BCUT2D eigenvalue weighted by Gasteiger charge is 2.24. The zero-order valence-electron chi connectivity index (χ0n) is 13.5. The molecule has 1 amide bonds. The average molecular weight is 344 g/mol. The lowest BCUT2D eigenvalue weighted by Crippen LogP contribution is -2.27. The van der Waals surface area contributed by atoms with Crippen LogP contribution < -0.4 is 5.32 Å². The molecule has 2 aromatic carbocycles. The molecule has 0 aliphatic heterocycles. The monoisotopic (exact) mass is 344 g/mol. The smallest absolute Gasteiger partial charge is 0.251 e. The van der Waals surface area contributed by atoms with Gasteiger partial charge >= 0.3 is 0 Å². The van der Waals surface area contributed by atoms with Gasteiger partial charge in [0.2, 0.25) is 10.0 Å². The molecule has 0 radical (unpaired) electrons. The highest BCUT2D eigenvalue weighted by molar-refractivity contribution is 7.89. The predicted octanol–water partition coefficient (Wildman–Crippen LogP) is 2.40. The molecule has 1 saturated carbocycles. The van der Waals surface area contributed by atoms with Crippen molar-refractivity contribution in [1.82, 2.24) is 9.62 Å². The molecule has 1 aliphatic carbocycles. The summed E-state index contributed by atoms with van der Waals surface area (Å²) in [5.41, 5.74) is 1.43. The zero-order valence-corrected chi connectivity index (χ0v) is 14.3. The van der Waals surface area contributed by atoms with Gasteiger partial charge in [0.25, 0.3) is 5.91 Å². The fourth-order valence-corrected chi connectivity index (χ4v) is 3.55. The van der Waals surface area contributed by atoms with E-state index in [1.54, 1.807) is 61.6 Å². The second-order valence-electron chi connectivity index (χ2n) is 6.02. The van der Waals surface area contributed by atoms with Crippen molar-refractivity contribution < 1.29 is 13.2 Å². The maximum absolute atomic E-state index is 12.5. The van der Waals surface area contributed by atoms with Crippen LogP contribution in [0.5, 0.6) is 0 Å². The van der Waals surface area contributed by atoms with Gasteiger partial charge in [-0.25, -0.2) is 8.42 Å². The Labute approximate surface area is 142 Å². The molecule has 126 valence electrons. The molecule has 1 N–H and O–H groups in total. The molecule has 0 unspecified atom stereocenters. The molecule has 24 heavy (non-hydrogen) atoms. The van der Waals surface area contributed by atoms with E-state index in [1.165, 1.54) is 4.31 Å². The van der Waals surface area contributed by atoms with Gasteiger partial charge in [-0.15, -0.1) is 0 Å². The summed E-state index contributed by atoms with van der Waals surface area (Å²) in [4.78, 5) is 12.2. The van der Waals surface area contributed by atoms with Crippen LogP contribution in [-0.4, -0.2) is 31.7 Å². The van der Waals surface area contributed by atoms with Crippen LogP contribution in [-0.2, 0) is 16.6 Å². The molecule has 1 aliphatic rings. The minimum atomic E-state index is -3.52. The SMILES string of the molecule is CN(Cc1ccc(C(=O)NC2CC2)cc1)S(=O)(=O)c1ccccc1. The summed E-state index contributed by atoms with van der Waals surface area (Å²) in [6, 6.07) is 15.7. The highest BCUT2D eigenvalue weighted by Crippen LogP contribution is 2.20. The van der Waals surface area contributed by atoms with E-state index >= 15 is 0 Å². The van der Waals surface area contributed by atoms with E-state index in [4.69, 9.17) is 0 Å². The quantitative estimate of drug-likeness (QED) is 0.875. The van der Waals surface area contributed by atoms with E-state index in [0.717, 1.165) is 18.4 Å². The van der Waals surface area contributed by atoms with E-state index in [0.29, 0.717) is 11.6 Å².